The smallest absolute Gasteiger partial charge is 0.242 e. The van der Waals surface area contributed by atoms with Gasteiger partial charge in [0.1, 0.15) is 6.04 Å². The van der Waals surface area contributed by atoms with E-state index in [4.69, 9.17) is 23.2 Å². The second-order valence-electron chi connectivity index (χ2n) is 9.65. The van der Waals surface area contributed by atoms with Crippen LogP contribution in [0.1, 0.15) is 56.6 Å². The lowest BCUT2D eigenvalue weighted by atomic mass is 10.1. The van der Waals surface area contributed by atoms with Crippen molar-refractivity contribution in [2.75, 3.05) is 17.1 Å². The lowest BCUT2D eigenvalue weighted by Gasteiger charge is -2.30. The van der Waals surface area contributed by atoms with Gasteiger partial charge in [0, 0.05) is 30.6 Å². The van der Waals surface area contributed by atoms with Crippen LogP contribution in [0, 0.1) is 6.92 Å². The summed E-state index contributed by atoms with van der Waals surface area (Å²) >= 11 is 12.3. The van der Waals surface area contributed by atoms with Crippen LogP contribution in [0.5, 0.6) is 0 Å². The minimum absolute atomic E-state index is 0.0471. The quantitative estimate of drug-likeness (QED) is 0.398. The molecular formula is C27H35Cl2N3O4S. The van der Waals surface area contributed by atoms with Gasteiger partial charge in [0.25, 0.3) is 0 Å². The van der Waals surface area contributed by atoms with Crippen LogP contribution in [-0.2, 0) is 26.2 Å². The Morgan fingerprint density at radius 2 is 1.78 bits per heavy atom. The fourth-order valence-electron chi connectivity index (χ4n) is 4.60. The lowest BCUT2D eigenvalue weighted by molar-refractivity contribution is -0.141. The molecule has 1 saturated carbocycles. The molecule has 2 amide bonds. The second-order valence-corrected chi connectivity index (χ2v) is 12.4. The van der Waals surface area contributed by atoms with Crippen LogP contribution in [0.2, 0.25) is 10.0 Å². The zero-order valence-corrected chi connectivity index (χ0v) is 23.9. The summed E-state index contributed by atoms with van der Waals surface area (Å²) in [6.45, 7) is 4.06. The molecule has 3 rings (SSSR count). The predicted octanol–water partition coefficient (Wildman–Crippen LogP) is 5.32. The molecule has 2 aromatic rings. The van der Waals surface area contributed by atoms with Gasteiger partial charge >= 0.3 is 0 Å². The molecule has 0 aliphatic heterocycles. The summed E-state index contributed by atoms with van der Waals surface area (Å²) < 4.78 is 26.2. The summed E-state index contributed by atoms with van der Waals surface area (Å²) in [5, 5.41) is 3.70. The van der Waals surface area contributed by atoms with Crippen LogP contribution in [0.4, 0.5) is 5.69 Å². The Kier molecular flexibility index (Phi) is 10.3. The third-order valence-corrected chi connectivity index (χ3v) is 8.53. The molecule has 1 atom stereocenters. The van der Waals surface area contributed by atoms with E-state index in [1.165, 1.54) is 12.1 Å². The number of nitrogens with zero attached hydrogens (tertiary/aromatic N) is 2. The Balaban J connectivity index is 1.75. The van der Waals surface area contributed by atoms with Crippen LogP contribution in [-0.4, -0.2) is 50.0 Å². The van der Waals surface area contributed by atoms with Gasteiger partial charge < -0.3 is 10.2 Å². The normalized spacial score (nSPS) is 14.8. The first-order valence-electron chi connectivity index (χ1n) is 12.5. The molecule has 10 heteroatoms. The Morgan fingerprint density at radius 3 is 2.43 bits per heavy atom. The molecule has 0 bridgehead atoms. The van der Waals surface area contributed by atoms with Gasteiger partial charge in [-0.15, -0.1) is 0 Å². The summed E-state index contributed by atoms with van der Waals surface area (Å²) in [4.78, 5) is 28.1. The van der Waals surface area contributed by atoms with E-state index < -0.39 is 16.1 Å². The van der Waals surface area contributed by atoms with Crippen molar-refractivity contribution in [3.63, 3.8) is 0 Å². The third kappa shape index (κ3) is 8.09. The Labute approximate surface area is 230 Å². The highest BCUT2D eigenvalue weighted by Gasteiger charge is 2.29. The average Bonchev–Trinajstić information content (AvgIpc) is 3.34. The molecule has 37 heavy (non-hydrogen) atoms. The van der Waals surface area contributed by atoms with Gasteiger partial charge in [0.05, 0.1) is 17.0 Å². The van der Waals surface area contributed by atoms with Crippen molar-refractivity contribution >= 4 is 50.7 Å². The third-order valence-electron chi connectivity index (χ3n) is 6.80. The molecule has 1 fully saturated rings. The van der Waals surface area contributed by atoms with E-state index in [9.17, 15) is 18.0 Å². The first-order valence-corrected chi connectivity index (χ1v) is 15.1. The predicted molar refractivity (Wildman–Crippen MR) is 149 cm³/mol. The number of aryl methyl sites for hydroxylation is 1. The number of amides is 2. The molecule has 1 unspecified atom stereocenters. The molecule has 0 aromatic heterocycles. The zero-order valence-electron chi connectivity index (χ0n) is 21.5. The minimum atomic E-state index is -3.67. The molecule has 7 nitrogen and oxygen atoms in total. The second kappa shape index (κ2) is 13.0. The number of carbonyl (C=O) groups excluding carboxylic acids is 2. The molecule has 202 valence electrons. The van der Waals surface area contributed by atoms with Crippen molar-refractivity contribution in [1.82, 2.24) is 10.2 Å². The molecule has 1 aliphatic rings. The SMILES string of the molecule is Cc1ccccc1CN(C(=O)CCCN(c1cc(Cl)ccc1Cl)S(C)(=O)=O)C(C)C(=O)NC1CCCC1. The first kappa shape index (κ1) is 29.3. The van der Waals surface area contributed by atoms with E-state index in [1.807, 2.05) is 31.2 Å². The van der Waals surface area contributed by atoms with Crippen molar-refractivity contribution in [3.8, 4) is 0 Å². The number of carbonyl (C=O) groups is 2. The zero-order chi connectivity index (χ0) is 27.2. The maximum atomic E-state index is 13.5. The van der Waals surface area contributed by atoms with Crippen molar-refractivity contribution < 1.29 is 18.0 Å². The van der Waals surface area contributed by atoms with Crippen molar-refractivity contribution in [1.29, 1.82) is 0 Å². The number of hydrogen-bond acceptors (Lipinski definition) is 4. The van der Waals surface area contributed by atoms with Gasteiger partial charge in [-0.1, -0.05) is 60.3 Å². The minimum Gasteiger partial charge on any atom is -0.352 e. The molecule has 0 spiro atoms. The van der Waals surface area contributed by atoms with Crippen molar-refractivity contribution in [2.24, 2.45) is 0 Å². The van der Waals surface area contributed by atoms with Gasteiger partial charge in [0.2, 0.25) is 21.8 Å². The number of benzene rings is 2. The molecule has 1 N–H and O–H groups in total. The molecular weight excluding hydrogens is 533 g/mol. The van der Waals surface area contributed by atoms with Crippen LogP contribution < -0.4 is 9.62 Å². The largest absolute Gasteiger partial charge is 0.352 e. The maximum Gasteiger partial charge on any atom is 0.242 e. The number of nitrogens with one attached hydrogen (secondary N) is 1. The average molecular weight is 569 g/mol. The highest BCUT2D eigenvalue weighted by atomic mass is 35.5. The summed E-state index contributed by atoms with van der Waals surface area (Å²) in [5.41, 5.74) is 2.26. The molecule has 0 saturated heterocycles. The maximum absolute atomic E-state index is 13.5. The summed E-state index contributed by atoms with van der Waals surface area (Å²) in [7, 11) is -3.67. The van der Waals surface area contributed by atoms with Crippen LogP contribution in [0.3, 0.4) is 0 Å². The Morgan fingerprint density at radius 1 is 1.11 bits per heavy atom. The molecule has 0 radical (unpaired) electrons. The fourth-order valence-corrected chi connectivity index (χ4v) is 6.01. The Hall–Kier alpha value is -2.29. The van der Waals surface area contributed by atoms with Gasteiger partial charge in [-0.05, 0) is 62.4 Å². The van der Waals surface area contributed by atoms with Crippen LogP contribution >= 0.6 is 23.2 Å². The molecule has 1 aliphatic carbocycles. The van der Waals surface area contributed by atoms with Gasteiger partial charge in [-0.2, -0.15) is 0 Å². The summed E-state index contributed by atoms with van der Waals surface area (Å²) in [6, 6.07) is 11.9. The van der Waals surface area contributed by atoms with E-state index in [0.29, 0.717) is 11.6 Å². The number of halogens is 2. The van der Waals surface area contributed by atoms with Gasteiger partial charge in [0.15, 0.2) is 0 Å². The van der Waals surface area contributed by atoms with Gasteiger partial charge in [-0.25, -0.2) is 8.42 Å². The Bertz CT molecular complexity index is 1220. The number of anilines is 1. The summed E-state index contributed by atoms with van der Waals surface area (Å²) in [6.07, 6.45) is 5.51. The molecule has 2 aromatic carbocycles. The number of sulfonamides is 1. The first-order chi connectivity index (χ1) is 17.5. The highest BCUT2D eigenvalue weighted by Crippen LogP contribution is 2.31. The van der Waals surface area contributed by atoms with Crippen LogP contribution in [0.15, 0.2) is 42.5 Å². The topological polar surface area (TPSA) is 86.8 Å². The van der Waals surface area contributed by atoms with Crippen LogP contribution in [0.25, 0.3) is 0 Å². The van der Waals surface area contributed by atoms with E-state index in [-0.39, 0.29) is 48.0 Å². The van der Waals surface area contributed by atoms with E-state index in [2.05, 4.69) is 5.32 Å². The van der Waals surface area contributed by atoms with E-state index in [0.717, 1.165) is 47.4 Å². The van der Waals surface area contributed by atoms with E-state index in [1.54, 1.807) is 17.9 Å². The van der Waals surface area contributed by atoms with Crippen molar-refractivity contribution in [3.05, 3.63) is 63.6 Å². The molecule has 0 heterocycles. The highest BCUT2D eigenvalue weighted by molar-refractivity contribution is 7.92. The number of hydrogen-bond donors (Lipinski definition) is 1. The van der Waals surface area contributed by atoms with E-state index >= 15 is 0 Å². The monoisotopic (exact) mass is 567 g/mol. The number of rotatable bonds is 11. The lowest BCUT2D eigenvalue weighted by Crippen LogP contribution is -2.49. The standard InChI is InChI=1S/C27H35Cl2N3O4S/c1-19-9-4-5-10-21(19)18-31(20(2)27(34)30-23-11-6-7-12-23)26(33)13-8-16-32(37(3,35)36)25-17-22(28)14-15-24(25)29/h4-5,9-10,14-15,17,20,23H,6-8,11-13,16,18H2,1-3H3,(H,30,34). The van der Waals surface area contributed by atoms with Gasteiger partial charge in [-0.3, -0.25) is 13.9 Å². The fraction of sp³-hybridized carbons (Fsp3) is 0.481. The van der Waals surface area contributed by atoms with Crippen molar-refractivity contribution in [2.45, 2.75) is 71.0 Å². The summed E-state index contributed by atoms with van der Waals surface area (Å²) in [5.74, 6) is -0.389.